The van der Waals surface area contributed by atoms with E-state index in [4.69, 9.17) is 14.2 Å². The minimum atomic E-state index is -0.664. The predicted octanol–water partition coefficient (Wildman–Crippen LogP) is 3.61. The molecule has 140 valence electrons. The smallest absolute Gasteiger partial charge is 0.349 e. The molecular formula is C22H23NO4. The molecule has 27 heavy (non-hydrogen) atoms. The molecular weight excluding hydrogens is 342 g/mol. The van der Waals surface area contributed by atoms with Gasteiger partial charge in [-0.1, -0.05) is 60.7 Å². The Hall–Kier alpha value is -2.94. The van der Waals surface area contributed by atoms with Crippen LogP contribution in [-0.2, 0) is 19.0 Å². The van der Waals surface area contributed by atoms with Crippen molar-refractivity contribution in [2.24, 2.45) is 0 Å². The van der Waals surface area contributed by atoms with Crippen LogP contribution in [0, 0.1) is 11.3 Å². The lowest BCUT2D eigenvalue weighted by atomic mass is 9.93. The molecule has 2 aromatic rings. The fourth-order valence-corrected chi connectivity index (χ4v) is 2.54. The quantitative estimate of drug-likeness (QED) is 0.294. The number of nitriles is 1. The van der Waals surface area contributed by atoms with Crippen LogP contribution in [0.25, 0.3) is 5.57 Å². The summed E-state index contributed by atoms with van der Waals surface area (Å²) >= 11 is 0. The summed E-state index contributed by atoms with van der Waals surface area (Å²) < 4.78 is 15.7. The second-order valence-corrected chi connectivity index (χ2v) is 5.88. The van der Waals surface area contributed by atoms with E-state index in [1.165, 1.54) is 0 Å². The molecule has 0 heterocycles. The Kier molecular flexibility index (Phi) is 8.24. The third-order valence-corrected chi connectivity index (χ3v) is 3.78. The van der Waals surface area contributed by atoms with Gasteiger partial charge in [-0.05, 0) is 18.1 Å². The van der Waals surface area contributed by atoms with E-state index in [9.17, 15) is 10.1 Å². The van der Waals surface area contributed by atoms with Crippen molar-refractivity contribution in [3.8, 4) is 6.07 Å². The molecule has 0 amide bonds. The van der Waals surface area contributed by atoms with Gasteiger partial charge in [0.15, 0.2) is 0 Å². The summed E-state index contributed by atoms with van der Waals surface area (Å²) in [5.41, 5.74) is 2.08. The maximum absolute atomic E-state index is 12.7. The van der Waals surface area contributed by atoms with E-state index in [1.54, 1.807) is 14.0 Å². The van der Waals surface area contributed by atoms with Crippen molar-refractivity contribution in [3.05, 3.63) is 77.4 Å². The maximum Gasteiger partial charge on any atom is 0.349 e. The van der Waals surface area contributed by atoms with Crippen molar-refractivity contribution in [2.75, 3.05) is 26.9 Å². The van der Waals surface area contributed by atoms with Crippen LogP contribution in [0.5, 0.6) is 0 Å². The van der Waals surface area contributed by atoms with E-state index in [0.717, 1.165) is 11.1 Å². The van der Waals surface area contributed by atoms with Crippen LogP contribution in [0.2, 0.25) is 0 Å². The number of carbonyl (C=O) groups is 1. The molecule has 0 aromatic heterocycles. The minimum Gasteiger partial charge on any atom is -0.456 e. The van der Waals surface area contributed by atoms with E-state index in [1.807, 2.05) is 66.7 Å². The normalized spacial score (nSPS) is 11.3. The van der Waals surface area contributed by atoms with E-state index < -0.39 is 12.1 Å². The maximum atomic E-state index is 12.7. The summed E-state index contributed by atoms with van der Waals surface area (Å²) in [5.74, 6) is -0.664. The fraction of sp³-hybridized carbons (Fsp3) is 0.273. The Morgan fingerprint density at radius 2 is 1.56 bits per heavy atom. The zero-order valence-corrected chi connectivity index (χ0v) is 15.6. The molecule has 0 saturated heterocycles. The zero-order valence-electron chi connectivity index (χ0n) is 15.6. The number of hydrogen-bond donors (Lipinski definition) is 0. The topological polar surface area (TPSA) is 68.6 Å². The lowest BCUT2D eigenvalue weighted by Gasteiger charge is -2.15. The van der Waals surface area contributed by atoms with Crippen molar-refractivity contribution in [1.82, 2.24) is 0 Å². The van der Waals surface area contributed by atoms with Crippen molar-refractivity contribution in [2.45, 2.75) is 13.0 Å². The van der Waals surface area contributed by atoms with Gasteiger partial charge >= 0.3 is 5.97 Å². The van der Waals surface area contributed by atoms with Gasteiger partial charge in [0.1, 0.15) is 17.7 Å². The number of methoxy groups -OCH3 is 1. The third kappa shape index (κ3) is 6.07. The Labute approximate surface area is 159 Å². The van der Waals surface area contributed by atoms with Gasteiger partial charge in [-0.3, -0.25) is 0 Å². The van der Waals surface area contributed by atoms with Gasteiger partial charge in [0, 0.05) is 12.7 Å². The Balaban J connectivity index is 2.28. The van der Waals surface area contributed by atoms with Crippen molar-refractivity contribution < 1.29 is 19.0 Å². The van der Waals surface area contributed by atoms with Crippen LogP contribution in [0.4, 0.5) is 0 Å². The van der Waals surface area contributed by atoms with E-state index in [2.05, 4.69) is 0 Å². The first-order chi connectivity index (χ1) is 13.2. The molecule has 1 atom stereocenters. The molecule has 0 N–H and O–H groups in total. The third-order valence-electron chi connectivity index (χ3n) is 3.78. The molecule has 0 aliphatic carbocycles. The van der Waals surface area contributed by atoms with E-state index in [0.29, 0.717) is 18.8 Å². The number of ether oxygens (including phenoxy) is 3. The fourth-order valence-electron chi connectivity index (χ4n) is 2.54. The van der Waals surface area contributed by atoms with Crippen LogP contribution in [0.1, 0.15) is 18.1 Å². The molecule has 5 nitrogen and oxygen atoms in total. The summed E-state index contributed by atoms with van der Waals surface area (Å²) in [6, 6.07) is 20.7. The highest BCUT2D eigenvalue weighted by molar-refractivity contribution is 6.05. The van der Waals surface area contributed by atoms with Gasteiger partial charge in [-0.15, -0.1) is 0 Å². The van der Waals surface area contributed by atoms with Crippen LogP contribution in [-0.4, -0.2) is 39.0 Å². The summed E-state index contributed by atoms with van der Waals surface area (Å²) in [5, 5.41) is 9.69. The van der Waals surface area contributed by atoms with Crippen LogP contribution in [0.3, 0.4) is 0 Å². The van der Waals surface area contributed by atoms with Gasteiger partial charge in [-0.25, -0.2) is 4.79 Å². The van der Waals surface area contributed by atoms with Crippen LogP contribution >= 0.6 is 0 Å². The molecule has 2 rings (SSSR count). The number of hydrogen-bond acceptors (Lipinski definition) is 5. The van der Waals surface area contributed by atoms with E-state index >= 15 is 0 Å². The standard InChI is InChI=1S/C22H23NO4/c1-17(16-26-14-13-25-2)27-22(24)20(15-23)21(18-9-5-3-6-10-18)19-11-7-4-8-12-19/h3-12,17H,13-14,16H2,1-2H3. The second-order valence-electron chi connectivity index (χ2n) is 5.88. The SMILES string of the molecule is COCCOCC(C)OC(=O)C(C#N)=C(c1ccccc1)c1ccccc1. The Morgan fingerprint density at radius 1 is 1.00 bits per heavy atom. The summed E-state index contributed by atoms with van der Waals surface area (Å²) in [6.45, 7) is 2.85. The monoisotopic (exact) mass is 365 g/mol. The molecule has 0 bridgehead atoms. The highest BCUT2D eigenvalue weighted by Gasteiger charge is 2.21. The molecule has 0 aliphatic rings. The van der Waals surface area contributed by atoms with Gasteiger partial charge in [0.05, 0.1) is 19.8 Å². The molecule has 0 radical (unpaired) electrons. The molecule has 0 aliphatic heterocycles. The lowest BCUT2D eigenvalue weighted by Crippen LogP contribution is -2.22. The van der Waals surface area contributed by atoms with Gasteiger partial charge in [0.25, 0.3) is 0 Å². The number of nitrogens with zero attached hydrogens (tertiary/aromatic N) is 1. The van der Waals surface area contributed by atoms with Gasteiger partial charge in [0.2, 0.25) is 0 Å². The Bertz CT molecular complexity index is 753. The minimum absolute atomic E-state index is 0.0314. The predicted molar refractivity (Wildman–Crippen MR) is 103 cm³/mol. The highest BCUT2D eigenvalue weighted by Crippen LogP contribution is 2.27. The van der Waals surface area contributed by atoms with Crippen LogP contribution < -0.4 is 0 Å². The molecule has 2 aromatic carbocycles. The zero-order chi connectivity index (χ0) is 19.5. The number of rotatable bonds is 9. The molecule has 1 unspecified atom stereocenters. The average Bonchev–Trinajstić information content (AvgIpc) is 2.70. The second kappa shape index (κ2) is 10.9. The van der Waals surface area contributed by atoms with Crippen molar-refractivity contribution in [3.63, 3.8) is 0 Å². The first-order valence-corrected chi connectivity index (χ1v) is 8.70. The molecule has 0 fully saturated rings. The largest absolute Gasteiger partial charge is 0.456 e. The lowest BCUT2D eigenvalue weighted by molar-refractivity contribution is -0.145. The highest BCUT2D eigenvalue weighted by atomic mass is 16.6. The molecule has 0 spiro atoms. The summed E-state index contributed by atoms with van der Waals surface area (Å²) in [4.78, 5) is 12.7. The first kappa shape index (κ1) is 20.4. The van der Waals surface area contributed by atoms with E-state index in [-0.39, 0.29) is 12.2 Å². The van der Waals surface area contributed by atoms with Crippen molar-refractivity contribution in [1.29, 1.82) is 5.26 Å². The summed E-state index contributed by atoms with van der Waals surface area (Å²) in [7, 11) is 1.59. The van der Waals surface area contributed by atoms with Crippen molar-refractivity contribution >= 4 is 11.5 Å². The molecule has 5 heteroatoms. The molecule has 0 saturated carbocycles. The number of carbonyl (C=O) groups excluding carboxylic acids is 1. The summed E-state index contributed by atoms with van der Waals surface area (Å²) in [6.07, 6.45) is -0.481. The number of esters is 1. The first-order valence-electron chi connectivity index (χ1n) is 8.70. The van der Waals surface area contributed by atoms with Crippen LogP contribution in [0.15, 0.2) is 66.2 Å². The van der Waals surface area contributed by atoms with Gasteiger partial charge < -0.3 is 14.2 Å². The Morgan fingerprint density at radius 3 is 2.04 bits per heavy atom. The number of benzene rings is 2. The average molecular weight is 365 g/mol. The van der Waals surface area contributed by atoms with Gasteiger partial charge in [-0.2, -0.15) is 5.26 Å².